The SMILES string of the molecule is COC1OC(CO)C(C)C(O)C1C.COC1OC(CO)C(O)C(C)C1C. The zero-order chi connectivity index (χ0) is 20.0. The predicted octanol–water partition coefficient (Wildman–Crippen LogP) is -0.0338. The summed E-state index contributed by atoms with van der Waals surface area (Å²) >= 11 is 0. The van der Waals surface area contributed by atoms with Gasteiger partial charge in [-0.1, -0.05) is 27.7 Å². The van der Waals surface area contributed by atoms with Gasteiger partial charge in [-0.3, -0.25) is 0 Å². The Kier molecular flexibility index (Phi) is 9.92. The molecule has 0 bridgehead atoms. The highest BCUT2D eigenvalue weighted by molar-refractivity contribution is 4.85. The van der Waals surface area contributed by atoms with Crippen LogP contribution >= 0.6 is 0 Å². The summed E-state index contributed by atoms with van der Waals surface area (Å²) in [6.45, 7) is 7.40. The van der Waals surface area contributed by atoms with Gasteiger partial charge < -0.3 is 39.4 Å². The lowest BCUT2D eigenvalue weighted by atomic mass is 9.85. The van der Waals surface area contributed by atoms with Crippen molar-refractivity contribution in [2.75, 3.05) is 27.4 Å². The Bertz CT molecular complexity index is 319. The van der Waals surface area contributed by atoms with E-state index in [9.17, 15) is 10.2 Å². The second-order valence-electron chi connectivity index (χ2n) is 7.34. The molecule has 10 atom stereocenters. The molecule has 2 rings (SSSR count). The van der Waals surface area contributed by atoms with Gasteiger partial charge in [0.1, 0.15) is 6.10 Å². The van der Waals surface area contributed by atoms with Crippen molar-refractivity contribution in [1.29, 1.82) is 0 Å². The van der Waals surface area contributed by atoms with E-state index in [1.54, 1.807) is 7.11 Å². The van der Waals surface area contributed by atoms with E-state index in [0.29, 0.717) is 0 Å². The fraction of sp³-hybridized carbons (Fsp3) is 1.00. The maximum absolute atomic E-state index is 9.78. The van der Waals surface area contributed by atoms with Crippen molar-refractivity contribution < 1.29 is 39.4 Å². The van der Waals surface area contributed by atoms with E-state index in [1.807, 2.05) is 27.7 Å². The Balaban J connectivity index is 0.000000260. The Morgan fingerprint density at radius 3 is 1.58 bits per heavy atom. The van der Waals surface area contributed by atoms with Crippen LogP contribution in [0.25, 0.3) is 0 Å². The maximum Gasteiger partial charge on any atom is 0.162 e. The third kappa shape index (κ3) is 5.36. The maximum atomic E-state index is 9.78. The van der Waals surface area contributed by atoms with Gasteiger partial charge in [-0.15, -0.1) is 0 Å². The lowest BCUT2D eigenvalue weighted by molar-refractivity contribution is -0.260. The standard InChI is InChI=1S/2C9H18O4/c1-5-7(4-10)13-9(12-3)6(2)8(5)11;1-5-6(2)9(12-3)13-7(4-10)8(5)11/h2*5-11H,4H2,1-3H3. The van der Waals surface area contributed by atoms with Crippen molar-refractivity contribution in [1.82, 2.24) is 0 Å². The van der Waals surface area contributed by atoms with Crippen LogP contribution in [0.1, 0.15) is 27.7 Å². The van der Waals surface area contributed by atoms with Crippen LogP contribution in [0.15, 0.2) is 0 Å². The molecule has 0 aromatic rings. The quantitative estimate of drug-likeness (QED) is 0.537. The smallest absolute Gasteiger partial charge is 0.162 e. The molecule has 26 heavy (non-hydrogen) atoms. The van der Waals surface area contributed by atoms with E-state index in [-0.39, 0.29) is 49.3 Å². The van der Waals surface area contributed by atoms with Gasteiger partial charge in [-0.25, -0.2) is 0 Å². The largest absolute Gasteiger partial charge is 0.394 e. The zero-order valence-corrected chi connectivity index (χ0v) is 16.6. The number of ether oxygens (including phenoxy) is 4. The zero-order valence-electron chi connectivity index (χ0n) is 16.6. The third-order valence-corrected chi connectivity index (χ3v) is 5.71. The molecule has 0 radical (unpaired) electrons. The highest BCUT2D eigenvalue weighted by Gasteiger charge is 2.41. The summed E-state index contributed by atoms with van der Waals surface area (Å²) in [6.07, 6.45) is -2.66. The van der Waals surface area contributed by atoms with Crippen LogP contribution in [0.4, 0.5) is 0 Å². The van der Waals surface area contributed by atoms with E-state index < -0.39 is 24.6 Å². The first-order valence-electron chi connectivity index (χ1n) is 9.17. The number of hydrogen-bond acceptors (Lipinski definition) is 8. The second kappa shape index (κ2) is 10.9. The van der Waals surface area contributed by atoms with Crippen LogP contribution in [0, 0.1) is 23.7 Å². The van der Waals surface area contributed by atoms with E-state index >= 15 is 0 Å². The molecule has 10 unspecified atom stereocenters. The number of aliphatic hydroxyl groups is 4. The number of rotatable bonds is 4. The van der Waals surface area contributed by atoms with Gasteiger partial charge in [0.15, 0.2) is 12.6 Å². The van der Waals surface area contributed by atoms with Crippen molar-refractivity contribution in [3.63, 3.8) is 0 Å². The molecule has 2 fully saturated rings. The van der Waals surface area contributed by atoms with Crippen LogP contribution in [0.2, 0.25) is 0 Å². The van der Waals surface area contributed by atoms with E-state index in [4.69, 9.17) is 29.2 Å². The van der Waals surface area contributed by atoms with Gasteiger partial charge in [0.25, 0.3) is 0 Å². The molecule has 8 nitrogen and oxygen atoms in total. The lowest BCUT2D eigenvalue weighted by Gasteiger charge is -2.41. The van der Waals surface area contributed by atoms with Crippen molar-refractivity contribution in [2.45, 2.75) is 64.7 Å². The predicted molar refractivity (Wildman–Crippen MR) is 94.2 cm³/mol. The van der Waals surface area contributed by atoms with Gasteiger partial charge in [-0.2, -0.15) is 0 Å². The number of hydrogen-bond donors (Lipinski definition) is 4. The van der Waals surface area contributed by atoms with Gasteiger partial charge in [-0.05, 0) is 5.92 Å². The first-order valence-corrected chi connectivity index (χ1v) is 9.17. The summed E-state index contributed by atoms with van der Waals surface area (Å²) in [5.41, 5.74) is 0. The van der Waals surface area contributed by atoms with Crippen molar-refractivity contribution in [3.05, 3.63) is 0 Å². The summed E-state index contributed by atoms with van der Waals surface area (Å²) < 4.78 is 21.0. The first kappa shape index (κ1) is 23.7. The molecule has 8 heteroatoms. The summed E-state index contributed by atoms with van der Waals surface area (Å²) in [5.74, 6) is 0.118. The fourth-order valence-electron chi connectivity index (χ4n) is 3.45. The molecule has 0 amide bonds. The Hall–Kier alpha value is -0.320. The Labute approximate surface area is 156 Å². The van der Waals surface area contributed by atoms with E-state index in [1.165, 1.54) is 7.11 Å². The summed E-state index contributed by atoms with van der Waals surface area (Å²) in [5, 5.41) is 37.4. The van der Waals surface area contributed by atoms with Gasteiger partial charge >= 0.3 is 0 Å². The third-order valence-electron chi connectivity index (χ3n) is 5.71. The van der Waals surface area contributed by atoms with E-state index in [0.717, 1.165) is 0 Å². The van der Waals surface area contributed by atoms with Crippen LogP contribution in [-0.4, -0.2) is 84.9 Å². The summed E-state index contributed by atoms with van der Waals surface area (Å²) in [7, 11) is 3.11. The molecule has 0 aromatic carbocycles. The lowest BCUT2D eigenvalue weighted by Crippen LogP contribution is -2.51. The molecule has 0 saturated carbocycles. The second-order valence-corrected chi connectivity index (χ2v) is 7.34. The topological polar surface area (TPSA) is 118 Å². The number of methoxy groups -OCH3 is 2. The molecule has 156 valence electrons. The van der Waals surface area contributed by atoms with Crippen LogP contribution < -0.4 is 0 Å². The normalized spacial score (nSPS) is 46.4. The van der Waals surface area contributed by atoms with Crippen LogP contribution in [0.5, 0.6) is 0 Å². The van der Waals surface area contributed by atoms with Crippen LogP contribution in [-0.2, 0) is 18.9 Å². The van der Waals surface area contributed by atoms with Crippen molar-refractivity contribution in [3.8, 4) is 0 Å². The van der Waals surface area contributed by atoms with E-state index in [2.05, 4.69) is 0 Å². The monoisotopic (exact) mass is 380 g/mol. The molecule has 2 aliphatic heterocycles. The highest BCUT2D eigenvalue weighted by atomic mass is 16.7. The van der Waals surface area contributed by atoms with Gasteiger partial charge in [0.05, 0.1) is 31.5 Å². The Morgan fingerprint density at radius 2 is 1.12 bits per heavy atom. The van der Waals surface area contributed by atoms with Crippen molar-refractivity contribution in [2.24, 2.45) is 23.7 Å². The minimum absolute atomic E-state index is 0.0496. The molecule has 0 aromatic heterocycles. The molecule has 0 aliphatic carbocycles. The van der Waals surface area contributed by atoms with Crippen LogP contribution in [0.3, 0.4) is 0 Å². The Morgan fingerprint density at radius 1 is 0.654 bits per heavy atom. The van der Waals surface area contributed by atoms with Gasteiger partial charge in [0.2, 0.25) is 0 Å². The van der Waals surface area contributed by atoms with Crippen molar-refractivity contribution >= 4 is 0 Å². The molecule has 2 heterocycles. The minimum atomic E-state index is -0.605. The minimum Gasteiger partial charge on any atom is -0.394 e. The number of aliphatic hydroxyl groups excluding tert-OH is 4. The molecule has 2 saturated heterocycles. The average Bonchev–Trinajstić information content (AvgIpc) is 2.65. The molecule has 0 spiro atoms. The molecule has 2 aliphatic rings. The summed E-state index contributed by atoms with van der Waals surface area (Å²) in [6, 6.07) is 0. The van der Waals surface area contributed by atoms with Gasteiger partial charge in [0, 0.05) is 32.0 Å². The summed E-state index contributed by atoms with van der Waals surface area (Å²) in [4.78, 5) is 0. The molecular weight excluding hydrogens is 344 g/mol. The first-order chi connectivity index (χ1) is 12.2. The highest BCUT2D eigenvalue weighted by Crippen LogP contribution is 2.31. The fourth-order valence-corrected chi connectivity index (χ4v) is 3.45. The molecule has 4 N–H and O–H groups in total. The average molecular weight is 380 g/mol. The molecular formula is C18H36O8.